The number of hydrogen-bond acceptors (Lipinski definition) is 4. The summed E-state index contributed by atoms with van der Waals surface area (Å²) in [6.45, 7) is 8.73. The van der Waals surface area contributed by atoms with Crippen molar-refractivity contribution in [3.8, 4) is 17.3 Å². The molecule has 0 radical (unpaired) electrons. The van der Waals surface area contributed by atoms with Gasteiger partial charge in [-0.05, 0) is 63.1 Å². The fourth-order valence-electron chi connectivity index (χ4n) is 2.94. The van der Waals surface area contributed by atoms with E-state index in [9.17, 15) is 4.79 Å². The van der Waals surface area contributed by atoms with Crippen molar-refractivity contribution in [1.29, 1.82) is 0 Å². The van der Waals surface area contributed by atoms with Gasteiger partial charge in [0.2, 0.25) is 5.88 Å². The molecule has 0 saturated heterocycles. The molecule has 0 fully saturated rings. The second-order valence-corrected chi connectivity index (χ2v) is 6.94. The Morgan fingerprint density at radius 2 is 1.79 bits per heavy atom. The number of esters is 1. The lowest BCUT2D eigenvalue weighted by molar-refractivity contribution is 0.0723. The van der Waals surface area contributed by atoms with Gasteiger partial charge in [-0.2, -0.15) is 5.10 Å². The van der Waals surface area contributed by atoms with Gasteiger partial charge in [-0.3, -0.25) is 0 Å². The number of unbranched alkanes of at least 4 members (excludes halogenated alkanes) is 1. The van der Waals surface area contributed by atoms with E-state index in [0.29, 0.717) is 18.1 Å². The van der Waals surface area contributed by atoms with E-state index in [1.807, 2.05) is 32.9 Å². The third-order valence-corrected chi connectivity index (χ3v) is 4.43. The molecule has 5 nitrogen and oxygen atoms in total. The quantitative estimate of drug-likeness (QED) is 0.419. The van der Waals surface area contributed by atoms with Crippen LogP contribution in [0.1, 0.15) is 46.9 Å². The minimum Gasteiger partial charge on any atom is -0.494 e. The van der Waals surface area contributed by atoms with Crippen LogP contribution in [0.15, 0.2) is 48.5 Å². The molecule has 0 saturated carbocycles. The van der Waals surface area contributed by atoms with Gasteiger partial charge in [-0.15, -0.1) is 0 Å². The second kappa shape index (κ2) is 8.74. The summed E-state index contributed by atoms with van der Waals surface area (Å²) in [7, 11) is 0. The van der Waals surface area contributed by atoms with Gasteiger partial charge in [-0.1, -0.05) is 31.0 Å². The van der Waals surface area contributed by atoms with Crippen molar-refractivity contribution < 1.29 is 14.3 Å². The number of carbonyl (C=O) groups is 1. The molecule has 3 rings (SSSR count). The van der Waals surface area contributed by atoms with Crippen LogP contribution < -0.4 is 9.47 Å². The third-order valence-electron chi connectivity index (χ3n) is 4.43. The van der Waals surface area contributed by atoms with Crippen LogP contribution in [-0.4, -0.2) is 22.4 Å². The SMILES string of the molecule is CCCCOc1ccc(C(=O)Oc2cc(C)nn2-c2ccc(C)cc2C)cc1. The number of benzene rings is 2. The summed E-state index contributed by atoms with van der Waals surface area (Å²) < 4.78 is 13.0. The standard InChI is InChI=1S/C23H26N2O3/c1-5-6-13-27-20-10-8-19(9-11-20)23(26)28-22-15-18(4)24-25(22)21-12-7-16(2)14-17(21)3/h7-12,14-15H,5-6,13H2,1-4H3. The van der Waals surface area contributed by atoms with Crippen molar-refractivity contribution in [2.24, 2.45) is 0 Å². The molecule has 0 aliphatic carbocycles. The van der Waals surface area contributed by atoms with E-state index >= 15 is 0 Å². The van der Waals surface area contributed by atoms with Gasteiger partial charge in [-0.25, -0.2) is 9.48 Å². The Bertz CT molecular complexity index is 958. The van der Waals surface area contributed by atoms with E-state index < -0.39 is 5.97 Å². The molecule has 0 aliphatic heterocycles. The summed E-state index contributed by atoms with van der Waals surface area (Å²) in [6.07, 6.45) is 2.09. The molecule has 0 bridgehead atoms. The number of nitrogens with zero attached hydrogens (tertiary/aromatic N) is 2. The minimum atomic E-state index is -0.425. The van der Waals surface area contributed by atoms with Crippen molar-refractivity contribution in [2.45, 2.75) is 40.5 Å². The highest BCUT2D eigenvalue weighted by Crippen LogP contribution is 2.24. The number of aromatic nitrogens is 2. The molecule has 1 aromatic heterocycles. The number of ether oxygens (including phenoxy) is 2. The summed E-state index contributed by atoms with van der Waals surface area (Å²) in [4.78, 5) is 12.6. The molecule has 0 N–H and O–H groups in total. The maximum Gasteiger partial charge on any atom is 0.344 e. The van der Waals surface area contributed by atoms with Gasteiger partial charge in [0.05, 0.1) is 23.6 Å². The molecule has 0 unspecified atom stereocenters. The number of aryl methyl sites for hydroxylation is 3. The lowest BCUT2D eigenvalue weighted by atomic mass is 10.1. The Labute approximate surface area is 165 Å². The second-order valence-electron chi connectivity index (χ2n) is 6.94. The topological polar surface area (TPSA) is 53.4 Å². The molecule has 1 heterocycles. The fourth-order valence-corrected chi connectivity index (χ4v) is 2.94. The highest BCUT2D eigenvalue weighted by Gasteiger charge is 2.16. The van der Waals surface area contributed by atoms with Crippen molar-refractivity contribution in [2.75, 3.05) is 6.61 Å². The predicted molar refractivity (Wildman–Crippen MR) is 110 cm³/mol. The minimum absolute atomic E-state index is 0.401. The molecule has 0 amide bonds. The Morgan fingerprint density at radius 3 is 2.46 bits per heavy atom. The fraction of sp³-hybridized carbons (Fsp3) is 0.304. The zero-order chi connectivity index (χ0) is 20.1. The first-order chi connectivity index (χ1) is 13.5. The van der Waals surface area contributed by atoms with Crippen LogP contribution in [0.5, 0.6) is 11.6 Å². The van der Waals surface area contributed by atoms with E-state index in [2.05, 4.69) is 18.1 Å². The molecular formula is C23H26N2O3. The third kappa shape index (κ3) is 4.60. The molecule has 146 valence electrons. The van der Waals surface area contributed by atoms with Crippen LogP contribution in [0.4, 0.5) is 0 Å². The van der Waals surface area contributed by atoms with Gasteiger partial charge < -0.3 is 9.47 Å². The average Bonchev–Trinajstić information content (AvgIpc) is 3.02. The van der Waals surface area contributed by atoms with Crippen LogP contribution in [0.2, 0.25) is 0 Å². The molecule has 28 heavy (non-hydrogen) atoms. The summed E-state index contributed by atoms with van der Waals surface area (Å²) in [5.41, 5.74) is 4.37. The zero-order valence-electron chi connectivity index (χ0n) is 16.9. The summed E-state index contributed by atoms with van der Waals surface area (Å²) in [5.74, 6) is 0.727. The Hall–Kier alpha value is -3.08. The molecule has 5 heteroatoms. The lowest BCUT2D eigenvalue weighted by Crippen LogP contribution is -2.12. The van der Waals surface area contributed by atoms with E-state index in [1.54, 1.807) is 35.0 Å². The maximum absolute atomic E-state index is 12.6. The normalized spacial score (nSPS) is 10.7. The molecule has 0 aliphatic rings. The lowest BCUT2D eigenvalue weighted by Gasteiger charge is -2.11. The number of hydrogen-bond donors (Lipinski definition) is 0. The van der Waals surface area contributed by atoms with Gasteiger partial charge in [0.15, 0.2) is 0 Å². The maximum atomic E-state index is 12.6. The van der Waals surface area contributed by atoms with Gasteiger partial charge >= 0.3 is 5.97 Å². The summed E-state index contributed by atoms with van der Waals surface area (Å²) in [5, 5.41) is 4.49. The summed E-state index contributed by atoms with van der Waals surface area (Å²) in [6, 6.07) is 14.9. The van der Waals surface area contributed by atoms with E-state index in [4.69, 9.17) is 9.47 Å². The first-order valence-corrected chi connectivity index (χ1v) is 9.57. The van der Waals surface area contributed by atoms with Gasteiger partial charge in [0.1, 0.15) is 5.75 Å². The number of rotatable bonds is 7. The van der Waals surface area contributed by atoms with Crippen LogP contribution >= 0.6 is 0 Å². The molecule has 2 aromatic carbocycles. The first-order valence-electron chi connectivity index (χ1n) is 9.57. The largest absolute Gasteiger partial charge is 0.494 e. The van der Waals surface area contributed by atoms with Crippen LogP contribution in [0, 0.1) is 20.8 Å². The van der Waals surface area contributed by atoms with Crippen molar-refractivity contribution >= 4 is 5.97 Å². The van der Waals surface area contributed by atoms with Crippen molar-refractivity contribution in [3.05, 3.63) is 70.9 Å². The Kier molecular flexibility index (Phi) is 6.14. The zero-order valence-corrected chi connectivity index (χ0v) is 16.9. The highest BCUT2D eigenvalue weighted by atomic mass is 16.5. The smallest absolute Gasteiger partial charge is 0.344 e. The Morgan fingerprint density at radius 1 is 1.04 bits per heavy atom. The molecule has 0 spiro atoms. The predicted octanol–water partition coefficient (Wildman–Crippen LogP) is 5.20. The molecule has 0 atom stereocenters. The van der Waals surface area contributed by atoms with Crippen LogP contribution in [0.3, 0.4) is 0 Å². The van der Waals surface area contributed by atoms with Crippen molar-refractivity contribution in [3.63, 3.8) is 0 Å². The van der Waals surface area contributed by atoms with Gasteiger partial charge in [0, 0.05) is 6.07 Å². The molecular weight excluding hydrogens is 352 g/mol. The number of carbonyl (C=O) groups excluding carboxylic acids is 1. The molecule has 3 aromatic rings. The van der Waals surface area contributed by atoms with Crippen LogP contribution in [0.25, 0.3) is 5.69 Å². The first kappa shape index (κ1) is 19.7. The van der Waals surface area contributed by atoms with E-state index in [-0.39, 0.29) is 0 Å². The highest BCUT2D eigenvalue weighted by molar-refractivity contribution is 5.91. The van der Waals surface area contributed by atoms with Crippen LogP contribution in [-0.2, 0) is 0 Å². The van der Waals surface area contributed by atoms with Crippen molar-refractivity contribution in [1.82, 2.24) is 9.78 Å². The summed E-state index contributed by atoms with van der Waals surface area (Å²) >= 11 is 0. The van der Waals surface area contributed by atoms with E-state index in [1.165, 1.54) is 5.56 Å². The van der Waals surface area contributed by atoms with Gasteiger partial charge in [0.25, 0.3) is 0 Å². The van der Waals surface area contributed by atoms with E-state index in [0.717, 1.165) is 35.5 Å². The Balaban J connectivity index is 1.77. The monoisotopic (exact) mass is 378 g/mol. The average molecular weight is 378 g/mol.